The third-order valence-electron chi connectivity index (χ3n) is 2.93. The van der Waals surface area contributed by atoms with Gasteiger partial charge in [-0.15, -0.1) is 0 Å². The molecule has 23 heavy (non-hydrogen) atoms. The largest absolute Gasteiger partial charge is 0.491 e. The molecule has 0 aliphatic rings. The first-order valence-electron chi connectivity index (χ1n) is 6.99. The van der Waals surface area contributed by atoms with Crippen LogP contribution in [0.3, 0.4) is 0 Å². The van der Waals surface area contributed by atoms with E-state index in [0.717, 1.165) is 5.75 Å². The second-order valence-corrected chi connectivity index (χ2v) is 6.53. The summed E-state index contributed by atoms with van der Waals surface area (Å²) in [6, 6.07) is 13.8. The van der Waals surface area contributed by atoms with Gasteiger partial charge < -0.3 is 24.0 Å². The maximum absolute atomic E-state index is 10.9. The first kappa shape index (κ1) is 17.5. The van der Waals surface area contributed by atoms with Gasteiger partial charge in [-0.05, 0) is 42.0 Å². The highest BCUT2D eigenvalue weighted by Crippen LogP contribution is 2.39. The lowest BCUT2D eigenvalue weighted by atomic mass is 10.2. The molecule has 0 aliphatic heterocycles. The summed E-state index contributed by atoms with van der Waals surface area (Å²) in [6.07, 6.45) is -0.277. The first-order valence-corrected chi connectivity index (χ1v) is 8.79. The van der Waals surface area contributed by atoms with E-state index in [1.165, 1.54) is 0 Å². The molecule has 0 saturated carbocycles. The van der Waals surface area contributed by atoms with Crippen LogP contribution in [0.25, 0.3) is 0 Å². The van der Waals surface area contributed by atoms with Gasteiger partial charge >= 0.3 is 7.60 Å². The third kappa shape index (κ3) is 6.42. The summed E-state index contributed by atoms with van der Waals surface area (Å²) >= 11 is 0. The van der Waals surface area contributed by atoms with Gasteiger partial charge in [-0.1, -0.05) is 12.1 Å². The lowest BCUT2D eigenvalue weighted by Gasteiger charge is -2.09. The standard InChI is InChI=1S/C16H19O6P/c1-20-10-11-21-14-6-8-16(9-7-14)22-15-4-2-13(3-5-15)12-23(17,18)19/h2-9H,10-12H2,1H3,(H2,17,18,19). The average Bonchev–Trinajstić information content (AvgIpc) is 2.50. The van der Waals surface area contributed by atoms with Gasteiger partial charge in [0.15, 0.2) is 0 Å². The van der Waals surface area contributed by atoms with Gasteiger partial charge in [0.25, 0.3) is 0 Å². The molecule has 0 heterocycles. The van der Waals surface area contributed by atoms with Crippen LogP contribution in [0.4, 0.5) is 0 Å². The van der Waals surface area contributed by atoms with Crippen molar-refractivity contribution in [1.29, 1.82) is 0 Å². The van der Waals surface area contributed by atoms with Crippen molar-refractivity contribution in [3.63, 3.8) is 0 Å². The van der Waals surface area contributed by atoms with Crippen LogP contribution >= 0.6 is 7.60 Å². The second kappa shape index (κ2) is 8.13. The molecule has 0 aliphatic carbocycles. The Hall–Kier alpha value is -1.85. The van der Waals surface area contributed by atoms with Crippen LogP contribution in [-0.4, -0.2) is 30.1 Å². The quantitative estimate of drug-likeness (QED) is 0.568. The van der Waals surface area contributed by atoms with E-state index in [0.29, 0.717) is 30.3 Å². The zero-order valence-electron chi connectivity index (χ0n) is 12.7. The van der Waals surface area contributed by atoms with Crippen LogP contribution in [0.5, 0.6) is 17.2 Å². The van der Waals surface area contributed by atoms with E-state index in [1.807, 2.05) is 0 Å². The van der Waals surface area contributed by atoms with Gasteiger partial charge in [-0.2, -0.15) is 0 Å². The second-order valence-electron chi connectivity index (χ2n) is 4.88. The Morgan fingerprint density at radius 3 is 1.91 bits per heavy atom. The van der Waals surface area contributed by atoms with Crippen molar-refractivity contribution in [2.24, 2.45) is 0 Å². The predicted molar refractivity (Wildman–Crippen MR) is 86.1 cm³/mol. The minimum atomic E-state index is -4.05. The van der Waals surface area contributed by atoms with E-state index < -0.39 is 7.60 Å². The molecule has 2 aromatic rings. The Morgan fingerprint density at radius 2 is 1.39 bits per heavy atom. The van der Waals surface area contributed by atoms with Crippen molar-refractivity contribution in [2.45, 2.75) is 6.16 Å². The molecule has 6 nitrogen and oxygen atoms in total. The highest BCUT2D eigenvalue weighted by atomic mass is 31.2. The Labute approximate surface area is 134 Å². The van der Waals surface area contributed by atoms with Crippen molar-refractivity contribution < 1.29 is 28.6 Å². The van der Waals surface area contributed by atoms with Crippen molar-refractivity contribution in [1.82, 2.24) is 0 Å². The molecule has 0 radical (unpaired) electrons. The number of hydrogen-bond acceptors (Lipinski definition) is 4. The van der Waals surface area contributed by atoms with Crippen molar-refractivity contribution >= 4 is 7.60 Å². The van der Waals surface area contributed by atoms with Gasteiger partial charge in [0.1, 0.15) is 23.9 Å². The molecule has 2 N–H and O–H groups in total. The molecule has 0 fully saturated rings. The van der Waals surface area contributed by atoms with E-state index in [-0.39, 0.29) is 6.16 Å². The minimum Gasteiger partial charge on any atom is -0.491 e. The molecule has 0 aromatic heterocycles. The van der Waals surface area contributed by atoms with E-state index >= 15 is 0 Å². The highest BCUT2D eigenvalue weighted by Gasteiger charge is 2.13. The summed E-state index contributed by atoms with van der Waals surface area (Å²) in [5.41, 5.74) is 0.563. The molecule has 0 amide bonds. The number of rotatable bonds is 8. The maximum Gasteiger partial charge on any atom is 0.329 e. The normalized spacial score (nSPS) is 11.3. The molecule has 0 saturated heterocycles. The topological polar surface area (TPSA) is 85.2 Å². The third-order valence-corrected chi connectivity index (χ3v) is 3.70. The maximum atomic E-state index is 10.9. The molecule has 2 aromatic carbocycles. The van der Waals surface area contributed by atoms with Gasteiger partial charge in [0, 0.05) is 7.11 Å². The lowest BCUT2D eigenvalue weighted by Crippen LogP contribution is -2.03. The molecular formula is C16H19O6P. The summed E-state index contributed by atoms with van der Waals surface area (Å²) in [5.74, 6) is 1.96. The Balaban J connectivity index is 1.92. The van der Waals surface area contributed by atoms with Crippen molar-refractivity contribution in [3.8, 4) is 17.2 Å². The van der Waals surface area contributed by atoms with Crippen LogP contribution in [-0.2, 0) is 15.5 Å². The first-order chi connectivity index (χ1) is 11.0. The van der Waals surface area contributed by atoms with E-state index in [2.05, 4.69) is 0 Å². The van der Waals surface area contributed by atoms with Crippen LogP contribution < -0.4 is 9.47 Å². The number of ether oxygens (including phenoxy) is 3. The SMILES string of the molecule is COCCOc1ccc(Oc2ccc(CP(=O)(O)O)cc2)cc1. The molecule has 0 unspecified atom stereocenters. The van der Waals surface area contributed by atoms with Crippen LogP contribution in [0.15, 0.2) is 48.5 Å². The molecule has 0 bridgehead atoms. The fourth-order valence-electron chi connectivity index (χ4n) is 1.88. The average molecular weight is 338 g/mol. The molecule has 7 heteroatoms. The molecule has 124 valence electrons. The minimum absolute atomic E-state index is 0.277. The van der Waals surface area contributed by atoms with Gasteiger partial charge in [-0.25, -0.2) is 0 Å². The van der Waals surface area contributed by atoms with Gasteiger partial charge in [-0.3, -0.25) is 4.57 Å². The Morgan fingerprint density at radius 1 is 0.870 bits per heavy atom. The Bertz CT molecular complexity index is 647. The number of methoxy groups -OCH3 is 1. The van der Waals surface area contributed by atoms with Crippen LogP contribution in [0.2, 0.25) is 0 Å². The molecular weight excluding hydrogens is 319 g/mol. The predicted octanol–water partition coefficient (Wildman–Crippen LogP) is 3.18. The summed E-state index contributed by atoms with van der Waals surface area (Å²) < 4.78 is 27.0. The van der Waals surface area contributed by atoms with Crippen molar-refractivity contribution in [3.05, 3.63) is 54.1 Å². The van der Waals surface area contributed by atoms with Crippen LogP contribution in [0, 0.1) is 0 Å². The number of benzene rings is 2. The zero-order chi connectivity index (χ0) is 16.7. The monoisotopic (exact) mass is 338 g/mol. The lowest BCUT2D eigenvalue weighted by molar-refractivity contribution is 0.146. The zero-order valence-corrected chi connectivity index (χ0v) is 13.6. The van der Waals surface area contributed by atoms with Gasteiger partial charge in [0.2, 0.25) is 0 Å². The summed E-state index contributed by atoms with van der Waals surface area (Å²) in [5, 5.41) is 0. The summed E-state index contributed by atoms with van der Waals surface area (Å²) in [7, 11) is -2.43. The van der Waals surface area contributed by atoms with Crippen molar-refractivity contribution in [2.75, 3.05) is 20.3 Å². The number of hydrogen-bond donors (Lipinski definition) is 2. The smallest absolute Gasteiger partial charge is 0.329 e. The van der Waals surface area contributed by atoms with E-state index in [4.69, 9.17) is 24.0 Å². The summed E-state index contributed by atoms with van der Waals surface area (Å²) in [6.45, 7) is 1.01. The van der Waals surface area contributed by atoms with E-state index in [9.17, 15) is 4.57 Å². The fourth-order valence-corrected chi connectivity index (χ4v) is 2.57. The summed E-state index contributed by atoms with van der Waals surface area (Å²) in [4.78, 5) is 17.9. The van der Waals surface area contributed by atoms with Crippen LogP contribution in [0.1, 0.15) is 5.56 Å². The molecule has 2 rings (SSSR count). The van der Waals surface area contributed by atoms with E-state index in [1.54, 1.807) is 55.6 Å². The molecule has 0 atom stereocenters. The fraction of sp³-hybridized carbons (Fsp3) is 0.250. The Kier molecular flexibility index (Phi) is 6.19. The van der Waals surface area contributed by atoms with Gasteiger partial charge in [0.05, 0.1) is 12.8 Å². The molecule has 0 spiro atoms. The highest BCUT2D eigenvalue weighted by molar-refractivity contribution is 7.50.